The van der Waals surface area contributed by atoms with Crippen LogP contribution in [0.25, 0.3) is 11.0 Å². The molecule has 7 rings (SSSR count). The molecule has 0 saturated heterocycles. The number of nitrogens with zero attached hydrogens (tertiary/aromatic N) is 3. The van der Waals surface area contributed by atoms with Crippen molar-refractivity contribution in [3.63, 3.8) is 0 Å². The number of carbonyl (C=O) groups is 1. The molecule has 49 heavy (non-hydrogen) atoms. The van der Waals surface area contributed by atoms with Gasteiger partial charge in [0, 0.05) is 42.9 Å². The number of amides is 1. The molecule has 3 aromatic carbocycles. The van der Waals surface area contributed by atoms with E-state index >= 15 is 0 Å². The normalized spacial score (nSPS) is 17.9. The highest BCUT2D eigenvalue weighted by Crippen LogP contribution is 2.48. The van der Waals surface area contributed by atoms with E-state index in [-0.39, 0.29) is 23.0 Å². The van der Waals surface area contributed by atoms with Crippen LogP contribution < -0.4 is 15.4 Å². The van der Waals surface area contributed by atoms with E-state index in [1.165, 1.54) is 5.56 Å². The summed E-state index contributed by atoms with van der Waals surface area (Å²) in [7, 11) is 0. The highest BCUT2D eigenvalue weighted by Gasteiger charge is 2.46. The third-order valence-corrected chi connectivity index (χ3v) is 9.93. The average molecular weight is 658 g/mol. The number of carbonyl (C=O) groups excluding carboxylic acids is 1. The first-order valence-corrected chi connectivity index (χ1v) is 17.6. The van der Waals surface area contributed by atoms with E-state index in [4.69, 9.17) is 9.72 Å². The molecule has 1 amide bonds. The predicted octanol–water partition coefficient (Wildman–Crippen LogP) is 6.81. The Labute approximate surface area is 289 Å². The molecule has 5 aromatic rings. The van der Waals surface area contributed by atoms with Crippen LogP contribution >= 0.6 is 0 Å². The standard InChI is InChI=1S/C41H47N5O3/c1-40(2,3)22-30-19-32-35(23-41(17-10-18-41)49-39(32)43-24-30)42-25-37(47)34(20-28-11-6-4-7-12-28)45-38(48)31-15-16-33-36(21-31)46(27-44-33)26-29-13-8-5-9-14-29/h4-9,11-16,19,21,24,27,34-35,37,42,47H,10,17-18,20,22-23,25-26H2,1-3H3,(H,45,48)/t34-,35-,37-/m0/s1. The van der Waals surface area contributed by atoms with Crippen LogP contribution in [-0.2, 0) is 19.4 Å². The molecule has 1 spiro atoms. The van der Waals surface area contributed by atoms with Crippen molar-refractivity contribution in [2.75, 3.05) is 6.54 Å². The molecule has 0 radical (unpaired) electrons. The van der Waals surface area contributed by atoms with Crippen LogP contribution in [0, 0.1) is 5.41 Å². The van der Waals surface area contributed by atoms with Gasteiger partial charge in [0.1, 0.15) is 5.60 Å². The maximum atomic E-state index is 13.8. The van der Waals surface area contributed by atoms with E-state index in [1.807, 2.05) is 73.2 Å². The minimum Gasteiger partial charge on any atom is -0.471 e. The van der Waals surface area contributed by atoms with Gasteiger partial charge in [0.15, 0.2) is 0 Å². The first kappa shape index (κ1) is 33.0. The van der Waals surface area contributed by atoms with Gasteiger partial charge in [0.25, 0.3) is 5.91 Å². The third kappa shape index (κ3) is 7.71. The third-order valence-electron chi connectivity index (χ3n) is 9.93. The molecule has 1 aliphatic carbocycles. The fraction of sp³-hybridized carbons (Fsp3) is 0.390. The fourth-order valence-corrected chi connectivity index (χ4v) is 7.26. The van der Waals surface area contributed by atoms with Crippen LogP contribution in [-0.4, -0.2) is 49.8 Å². The van der Waals surface area contributed by atoms with E-state index < -0.39 is 12.1 Å². The molecular formula is C41H47N5O3. The van der Waals surface area contributed by atoms with Gasteiger partial charge in [0.05, 0.1) is 29.5 Å². The van der Waals surface area contributed by atoms with Crippen LogP contribution in [0.5, 0.6) is 5.88 Å². The highest BCUT2D eigenvalue weighted by molar-refractivity contribution is 5.97. The summed E-state index contributed by atoms with van der Waals surface area (Å²) in [6, 6.07) is 27.5. The summed E-state index contributed by atoms with van der Waals surface area (Å²) < 4.78 is 8.55. The Morgan fingerprint density at radius 1 is 0.980 bits per heavy atom. The Morgan fingerprint density at radius 2 is 1.71 bits per heavy atom. The molecule has 3 atom stereocenters. The van der Waals surface area contributed by atoms with Crippen molar-refractivity contribution >= 4 is 16.9 Å². The lowest BCUT2D eigenvalue weighted by Crippen LogP contribution is -2.52. The van der Waals surface area contributed by atoms with E-state index in [1.54, 1.807) is 6.07 Å². The van der Waals surface area contributed by atoms with Crippen molar-refractivity contribution < 1.29 is 14.6 Å². The number of aliphatic hydroxyl groups excluding tert-OH is 1. The molecule has 3 heterocycles. The first-order chi connectivity index (χ1) is 23.6. The second-order valence-corrected chi connectivity index (χ2v) is 15.2. The van der Waals surface area contributed by atoms with Crippen LogP contribution in [0.4, 0.5) is 0 Å². The fourth-order valence-electron chi connectivity index (χ4n) is 7.26. The summed E-state index contributed by atoms with van der Waals surface area (Å²) in [4.78, 5) is 23.2. The number of aliphatic hydroxyl groups is 1. The number of ether oxygens (including phenoxy) is 1. The van der Waals surface area contributed by atoms with Crippen molar-refractivity contribution in [2.24, 2.45) is 5.41 Å². The lowest BCUT2D eigenvalue weighted by atomic mass is 9.73. The number of aromatic nitrogens is 3. The molecule has 1 saturated carbocycles. The topological polar surface area (TPSA) is 101 Å². The maximum absolute atomic E-state index is 13.8. The number of imidazole rings is 1. The minimum absolute atomic E-state index is 0.00787. The van der Waals surface area contributed by atoms with E-state index in [9.17, 15) is 9.90 Å². The number of pyridine rings is 1. The molecule has 1 aliphatic heterocycles. The molecule has 0 unspecified atom stereocenters. The van der Waals surface area contributed by atoms with Gasteiger partial charge in [-0.3, -0.25) is 4.79 Å². The van der Waals surface area contributed by atoms with Crippen molar-refractivity contribution in [2.45, 2.75) is 89.6 Å². The number of benzene rings is 3. The number of rotatable bonds is 11. The van der Waals surface area contributed by atoms with Crippen molar-refractivity contribution in [1.29, 1.82) is 0 Å². The molecule has 254 valence electrons. The van der Waals surface area contributed by atoms with Crippen molar-refractivity contribution in [3.05, 3.63) is 125 Å². The highest BCUT2D eigenvalue weighted by atomic mass is 16.5. The monoisotopic (exact) mass is 657 g/mol. The van der Waals surface area contributed by atoms with Gasteiger partial charge >= 0.3 is 0 Å². The van der Waals surface area contributed by atoms with Gasteiger partial charge in [-0.25, -0.2) is 9.97 Å². The van der Waals surface area contributed by atoms with E-state index in [0.29, 0.717) is 31.0 Å². The average Bonchev–Trinajstić information content (AvgIpc) is 3.47. The van der Waals surface area contributed by atoms with Gasteiger partial charge in [-0.2, -0.15) is 0 Å². The zero-order valence-corrected chi connectivity index (χ0v) is 28.7. The quantitative estimate of drug-likeness (QED) is 0.144. The lowest BCUT2D eigenvalue weighted by molar-refractivity contribution is -0.0421. The molecule has 2 aliphatic rings. The Balaban J connectivity index is 1.10. The smallest absolute Gasteiger partial charge is 0.251 e. The Kier molecular flexibility index (Phi) is 9.27. The zero-order chi connectivity index (χ0) is 34.0. The minimum atomic E-state index is -0.842. The van der Waals surface area contributed by atoms with Crippen molar-refractivity contribution in [3.8, 4) is 5.88 Å². The maximum Gasteiger partial charge on any atom is 0.251 e. The van der Waals surface area contributed by atoms with Gasteiger partial charge in [-0.15, -0.1) is 0 Å². The first-order valence-electron chi connectivity index (χ1n) is 17.6. The Hall–Kier alpha value is -4.53. The molecule has 8 nitrogen and oxygen atoms in total. The number of hydrogen-bond acceptors (Lipinski definition) is 6. The largest absolute Gasteiger partial charge is 0.471 e. The molecule has 3 N–H and O–H groups in total. The summed E-state index contributed by atoms with van der Waals surface area (Å²) in [5.41, 5.74) is 6.63. The summed E-state index contributed by atoms with van der Waals surface area (Å²) in [6.45, 7) is 7.67. The van der Waals surface area contributed by atoms with Gasteiger partial charge in [0.2, 0.25) is 5.88 Å². The Bertz CT molecular complexity index is 1900. The summed E-state index contributed by atoms with van der Waals surface area (Å²) in [5, 5.41) is 18.6. The van der Waals surface area contributed by atoms with Crippen LogP contribution in [0.1, 0.15) is 85.1 Å². The van der Waals surface area contributed by atoms with E-state index in [0.717, 1.165) is 59.8 Å². The predicted molar refractivity (Wildman–Crippen MR) is 193 cm³/mol. The Morgan fingerprint density at radius 3 is 2.41 bits per heavy atom. The number of fused-ring (bicyclic) bond motifs is 2. The van der Waals surface area contributed by atoms with Gasteiger partial charge < -0.3 is 25.0 Å². The van der Waals surface area contributed by atoms with Crippen LogP contribution in [0.3, 0.4) is 0 Å². The zero-order valence-electron chi connectivity index (χ0n) is 28.7. The van der Waals surface area contributed by atoms with Crippen LogP contribution in [0.15, 0.2) is 97.5 Å². The van der Waals surface area contributed by atoms with E-state index in [2.05, 4.69) is 59.2 Å². The number of nitrogens with one attached hydrogen (secondary N) is 2. The lowest BCUT2D eigenvalue weighted by Gasteiger charge is -2.47. The summed E-state index contributed by atoms with van der Waals surface area (Å²) in [5.74, 6) is 0.474. The molecule has 0 bridgehead atoms. The molecule has 2 aromatic heterocycles. The molecule has 1 fully saturated rings. The summed E-state index contributed by atoms with van der Waals surface area (Å²) >= 11 is 0. The van der Waals surface area contributed by atoms with Crippen molar-refractivity contribution in [1.82, 2.24) is 25.2 Å². The molecule has 8 heteroatoms. The van der Waals surface area contributed by atoms with Crippen LogP contribution in [0.2, 0.25) is 0 Å². The molecular weight excluding hydrogens is 610 g/mol. The summed E-state index contributed by atoms with van der Waals surface area (Å²) in [6.07, 6.45) is 8.34. The second-order valence-electron chi connectivity index (χ2n) is 15.2. The SMILES string of the molecule is CC(C)(C)Cc1cnc2c(c1)[C@@H](NC[C@H](O)[C@H](Cc1ccccc1)NC(=O)c1ccc3ncn(Cc4ccccc4)c3c1)CC1(CCC1)O2. The second kappa shape index (κ2) is 13.8. The van der Waals surface area contributed by atoms with Gasteiger partial charge in [-0.05, 0) is 78.5 Å². The van der Waals surface area contributed by atoms with Gasteiger partial charge in [-0.1, -0.05) is 81.4 Å². The number of hydrogen-bond donors (Lipinski definition) is 3.